The summed E-state index contributed by atoms with van der Waals surface area (Å²) in [5.74, 6) is 0.419. The van der Waals surface area contributed by atoms with Crippen LogP contribution in [0.15, 0.2) is 36.4 Å². The molecule has 0 unspecified atom stereocenters. The van der Waals surface area contributed by atoms with Gasteiger partial charge in [0, 0.05) is 56.4 Å². The molecule has 7 nitrogen and oxygen atoms in total. The van der Waals surface area contributed by atoms with Gasteiger partial charge in [0.15, 0.2) is 5.82 Å². The van der Waals surface area contributed by atoms with Crippen LogP contribution in [0.2, 0.25) is 0 Å². The largest absolute Gasteiger partial charge is 0.371 e. The second kappa shape index (κ2) is 7.86. The van der Waals surface area contributed by atoms with Crippen LogP contribution < -0.4 is 4.90 Å². The smallest absolute Gasteiger partial charge is 0.159 e. The van der Waals surface area contributed by atoms with E-state index in [4.69, 9.17) is 4.98 Å². The molecule has 0 radical (unpaired) electrons. The third-order valence-corrected chi connectivity index (χ3v) is 7.10. The molecule has 8 heteroatoms. The SMILES string of the molecule is CN1CCN(C2CCN(c3ccc4[nH]c(-c5n[nH]c6cc(F)ccc56)nc4c3)CC2)CC1. The van der Waals surface area contributed by atoms with E-state index in [1.807, 2.05) is 0 Å². The quantitative estimate of drug-likeness (QED) is 0.518. The molecule has 2 aromatic carbocycles. The number of aromatic nitrogens is 4. The predicted molar refractivity (Wildman–Crippen MR) is 125 cm³/mol. The molecule has 0 amide bonds. The Balaban J connectivity index is 1.20. The maximum atomic E-state index is 13.5. The maximum Gasteiger partial charge on any atom is 0.159 e. The molecule has 6 rings (SSSR count). The van der Waals surface area contributed by atoms with E-state index in [-0.39, 0.29) is 5.82 Å². The summed E-state index contributed by atoms with van der Waals surface area (Å²) in [5, 5.41) is 8.13. The highest BCUT2D eigenvalue weighted by atomic mass is 19.1. The number of piperazine rings is 1. The van der Waals surface area contributed by atoms with Gasteiger partial charge in [-0.25, -0.2) is 9.37 Å². The normalized spacial score (nSPS) is 19.4. The van der Waals surface area contributed by atoms with E-state index >= 15 is 0 Å². The van der Waals surface area contributed by atoms with Gasteiger partial charge in [-0.3, -0.25) is 10.00 Å². The summed E-state index contributed by atoms with van der Waals surface area (Å²) >= 11 is 0. The second-order valence-corrected chi connectivity index (χ2v) is 9.11. The minimum atomic E-state index is -0.279. The van der Waals surface area contributed by atoms with Crippen molar-refractivity contribution in [2.75, 3.05) is 51.2 Å². The van der Waals surface area contributed by atoms with Crippen LogP contribution in [0.1, 0.15) is 12.8 Å². The number of imidazole rings is 1. The van der Waals surface area contributed by atoms with Crippen LogP contribution in [0.5, 0.6) is 0 Å². The van der Waals surface area contributed by atoms with E-state index in [1.54, 1.807) is 6.07 Å². The molecule has 0 spiro atoms. The minimum Gasteiger partial charge on any atom is -0.371 e. The van der Waals surface area contributed by atoms with Crippen LogP contribution in [0.3, 0.4) is 0 Å². The third kappa shape index (κ3) is 3.53. The van der Waals surface area contributed by atoms with Crippen molar-refractivity contribution in [3.63, 3.8) is 0 Å². The Labute approximate surface area is 186 Å². The van der Waals surface area contributed by atoms with Crippen molar-refractivity contribution in [1.29, 1.82) is 0 Å². The van der Waals surface area contributed by atoms with Crippen LogP contribution in [-0.2, 0) is 0 Å². The van der Waals surface area contributed by atoms with Gasteiger partial charge in [0.1, 0.15) is 11.5 Å². The molecular formula is C24H28FN7. The number of fused-ring (bicyclic) bond motifs is 2. The monoisotopic (exact) mass is 433 g/mol. The summed E-state index contributed by atoms with van der Waals surface area (Å²) in [5.41, 5.74) is 4.52. The number of hydrogen-bond acceptors (Lipinski definition) is 5. The Morgan fingerprint density at radius 2 is 1.75 bits per heavy atom. The molecule has 2 N–H and O–H groups in total. The fourth-order valence-electron chi connectivity index (χ4n) is 5.15. The van der Waals surface area contributed by atoms with Gasteiger partial charge in [-0.05, 0) is 56.3 Å². The molecule has 2 saturated heterocycles. The van der Waals surface area contributed by atoms with Gasteiger partial charge < -0.3 is 14.8 Å². The summed E-state index contributed by atoms with van der Waals surface area (Å²) in [6, 6.07) is 11.8. The molecule has 0 saturated carbocycles. The van der Waals surface area contributed by atoms with Gasteiger partial charge in [-0.2, -0.15) is 5.10 Å². The number of nitrogens with one attached hydrogen (secondary N) is 2. The van der Waals surface area contributed by atoms with Gasteiger partial charge in [0.2, 0.25) is 0 Å². The summed E-state index contributed by atoms with van der Waals surface area (Å²) in [6.07, 6.45) is 2.42. The third-order valence-electron chi connectivity index (χ3n) is 7.10. The Morgan fingerprint density at radius 3 is 2.56 bits per heavy atom. The average molecular weight is 434 g/mol. The van der Waals surface area contributed by atoms with Crippen LogP contribution in [0.4, 0.5) is 10.1 Å². The van der Waals surface area contributed by atoms with Crippen LogP contribution in [-0.4, -0.2) is 82.3 Å². The van der Waals surface area contributed by atoms with E-state index in [2.05, 4.69) is 55.1 Å². The molecule has 0 bridgehead atoms. The Kier molecular flexibility index (Phi) is 4.84. The second-order valence-electron chi connectivity index (χ2n) is 9.11. The molecule has 32 heavy (non-hydrogen) atoms. The number of halogens is 1. The topological polar surface area (TPSA) is 67.1 Å². The first kappa shape index (κ1) is 19.7. The first-order valence-corrected chi connectivity index (χ1v) is 11.5. The molecule has 4 heterocycles. The van der Waals surface area contributed by atoms with E-state index in [1.165, 1.54) is 56.8 Å². The highest BCUT2D eigenvalue weighted by Gasteiger charge is 2.27. The number of nitrogens with zero attached hydrogens (tertiary/aromatic N) is 5. The predicted octanol–water partition coefficient (Wildman–Crippen LogP) is 3.46. The molecule has 2 aliphatic heterocycles. The lowest BCUT2D eigenvalue weighted by Crippen LogP contribution is -2.52. The number of hydrogen-bond donors (Lipinski definition) is 2. The van der Waals surface area contributed by atoms with Crippen LogP contribution >= 0.6 is 0 Å². The van der Waals surface area contributed by atoms with Gasteiger partial charge in [0.25, 0.3) is 0 Å². The number of benzene rings is 2. The Morgan fingerprint density at radius 1 is 0.938 bits per heavy atom. The molecular weight excluding hydrogens is 405 g/mol. The zero-order valence-electron chi connectivity index (χ0n) is 18.3. The van der Waals surface area contributed by atoms with Gasteiger partial charge in [0.05, 0.1) is 16.6 Å². The van der Waals surface area contributed by atoms with Crippen LogP contribution in [0, 0.1) is 5.82 Å². The first-order valence-electron chi connectivity index (χ1n) is 11.5. The molecule has 2 aromatic heterocycles. The van der Waals surface area contributed by atoms with E-state index < -0.39 is 0 Å². The Hall–Kier alpha value is -2.97. The van der Waals surface area contributed by atoms with E-state index in [9.17, 15) is 4.39 Å². The fraction of sp³-hybridized carbons (Fsp3) is 0.417. The lowest BCUT2D eigenvalue weighted by atomic mass is 10.0. The molecule has 0 aliphatic carbocycles. The van der Waals surface area contributed by atoms with Gasteiger partial charge >= 0.3 is 0 Å². The van der Waals surface area contributed by atoms with Crippen molar-refractivity contribution in [3.05, 3.63) is 42.2 Å². The van der Waals surface area contributed by atoms with E-state index in [0.717, 1.165) is 29.5 Å². The van der Waals surface area contributed by atoms with Crippen molar-refractivity contribution in [1.82, 2.24) is 30.0 Å². The molecule has 4 aromatic rings. The number of likely N-dealkylation sites (N-methyl/N-ethyl adjacent to an activating group) is 1. The molecule has 2 fully saturated rings. The molecule has 0 atom stereocenters. The highest BCUT2D eigenvalue weighted by molar-refractivity contribution is 5.93. The zero-order chi connectivity index (χ0) is 21.7. The van der Waals surface area contributed by atoms with Crippen molar-refractivity contribution < 1.29 is 4.39 Å². The highest BCUT2D eigenvalue weighted by Crippen LogP contribution is 2.29. The number of H-pyrrole nitrogens is 2. The van der Waals surface area contributed by atoms with Crippen LogP contribution in [0.25, 0.3) is 33.5 Å². The fourth-order valence-corrected chi connectivity index (χ4v) is 5.15. The standard InChI is InChI=1S/C24H28FN7/c1-30-10-12-32(13-11-30)17-6-8-31(9-7-17)18-3-5-20-22(15-18)27-24(26-20)23-19-4-2-16(25)14-21(19)28-29-23/h2-5,14-15,17H,6-13H2,1H3,(H,26,27)(H,28,29). The van der Waals surface area contributed by atoms with Gasteiger partial charge in [-0.15, -0.1) is 0 Å². The van der Waals surface area contributed by atoms with Crippen molar-refractivity contribution in [3.8, 4) is 11.5 Å². The number of anilines is 1. The van der Waals surface area contributed by atoms with Crippen molar-refractivity contribution >= 4 is 27.6 Å². The summed E-state index contributed by atoms with van der Waals surface area (Å²) < 4.78 is 13.5. The lowest BCUT2D eigenvalue weighted by Gasteiger charge is -2.42. The lowest BCUT2D eigenvalue weighted by molar-refractivity contribution is 0.0982. The van der Waals surface area contributed by atoms with E-state index in [0.29, 0.717) is 23.1 Å². The summed E-state index contributed by atoms with van der Waals surface area (Å²) in [4.78, 5) is 15.8. The number of aromatic amines is 2. The maximum absolute atomic E-state index is 13.5. The van der Waals surface area contributed by atoms with Crippen molar-refractivity contribution in [2.45, 2.75) is 18.9 Å². The summed E-state index contributed by atoms with van der Waals surface area (Å²) in [7, 11) is 2.21. The molecule has 2 aliphatic rings. The van der Waals surface area contributed by atoms with Crippen molar-refractivity contribution in [2.24, 2.45) is 0 Å². The summed E-state index contributed by atoms with van der Waals surface area (Å²) in [6.45, 7) is 6.90. The minimum absolute atomic E-state index is 0.279. The zero-order valence-corrected chi connectivity index (χ0v) is 18.3. The number of rotatable bonds is 3. The first-order chi connectivity index (χ1) is 15.6. The number of piperidine rings is 1. The Bertz CT molecular complexity index is 1250. The van der Waals surface area contributed by atoms with Gasteiger partial charge in [-0.1, -0.05) is 0 Å². The average Bonchev–Trinajstić information content (AvgIpc) is 3.42. The molecule has 166 valence electrons.